The van der Waals surface area contributed by atoms with Crippen LogP contribution < -0.4 is 5.32 Å². The van der Waals surface area contributed by atoms with Crippen LogP contribution in [0.4, 0.5) is 0 Å². The van der Waals surface area contributed by atoms with Crippen LogP contribution in [-0.4, -0.2) is 6.54 Å². The highest BCUT2D eigenvalue weighted by Crippen LogP contribution is 2.28. The van der Waals surface area contributed by atoms with Crippen LogP contribution in [0.2, 0.25) is 5.02 Å². The molecule has 1 nitrogen and oxygen atoms in total. The zero-order valence-electron chi connectivity index (χ0n) is 10.1. The molecule has 0 amide bonds. The summed E-state index contributed by atoms with van der Waals surface area (Å²) in [5.74, 6) is 0. The minimum absolute atomic E-state index is 0.335. The van der Waals surface area contributed by atoms with Crippen molar-refractivity contribution in [2.45, 2.75) is 19.4 Å². The lowest BCUT2D eigenvalue weighted by Gasteiger charge is -2.18. The lowest BCUT2D eigenvalue weighted by molar-refractivity contribution is 0.553. The van der Waals surface area contributed by atoms with Crippen molar-refractivity contribution in [1.82, 2.24) is 5.32 Å². The lowest BCUT2D eigenvalue weighted by atomic mass is 10.0. The lowest BCUT2D eigenvalue weighted by Crippen LogP contribution is -2.22. The van der Waals surface area contributed by atoms with Gasteiger partial charge in [-0.15, -0.1) is 11.3 Å². The second-order valence-corrected chi connectivity index (χ2v) is 6.36. The highest BCUT2D eigenvalue weighted by molar-refractivity contribution is 9.10. The third-order valence-electron chi connectivity index (χ3n) is 2.78. The number of halogens is 2. The fourth-order valence-corrected chi connectivity index (χ4v) is 3.18. The molecule has 0 bridgehead atoms. The number of hydrogen-bond acceptors (Lipinski definition) is 2. The van der Waals surface area contributed by atoms with Gasteiger partial charge in [0, 0.05) is 21.8 Å². The van der Waals surface area contributed by atoms with Crippen molar-refractivity contribution in [3.05, 3.63) is 55.6 Å². The van der Waals surface area contributed by atoms with E-state index in [2.05, 4.69) is 57.8 Å². The normalized spacial score (nSPS) is 12.6. The molecule has 2 aromatic rings. The Morgan fingerprint density at radius 3 is 2.83 bits per heavy atom. The van der Waals surface area contributed by atoms with Gasteiger partial charge < -0.3 is 5.32 Å². The van der Waals surface area contributed by atoms with Crippen LogP contribution in [0.5, 0.6) is 0 Å². The van der Waals surface area contributed by atoms with E-state index in [0.717, 1.165) is 22.5 Å². The van der Waals surface area contributed by atoms with E-state index in [1.807, 2.05) is 6.07 Å². The fourth-order valence-electron chi connectivity index (χ4n) is 1.91. The molecule has 0 fully saturated rings. The highest BCUT2D eigenvalue weighted by Gasteiger charge is 2.13. The molecule has 0 spiro atoms. The summed E-state index contributed by atoms with van der Waals surface area (Å²) in [7, 11) is 0. The van der Waals surface area contributed by atoms with Crippen molar-refractivity contribution in [2.24, 2.45) is 0 Å². The van der Waals surface area contributed by atoms with Crippen molar-refractivity contribution in [1.29, 1.82) is 0 Å². The average Bonchev–Trinajstić information content (AvgIpc) is 2.85. The maximum atomic E-state index is 6.04. The summed E-state index contributed by atoms with van der Waals surface area (Å²) in [5, 5.41) is 6.40. The largest absolute Gasteiger partial charge is 0.310 e. The van der Waals surface area contributed by atoms with E-state index in [-0.39, 0.29) is 0 Å². The van der Waals surface area contributed by atoms with Crippen molar-refractivity contribution < 1.29 is 0 Å². The number of rotatable bonds is 5. The van der Waals surface area contributed by atoms with Gasteiger partial charge in [-0.1, -0.05) is 30.7 Å². The monoisotopic (exact) mass is 343 g/mol. The summed E-state index contributed by atoms with van der Waals surface area (Å²) >= 11 is 11.3. The number of benzene rings is 1. The van der Waals surface area contributed by atoms with Gasteiger partial charge in [-0.25, -0.2) is 0 Å². The Morgan fingerprint density at radius 2 is 2.22 bits per heavy atom. The fraction of sp³-hybridized carbons (Fsp3) is 0.286. The number of likely N-dealkylation sites (N-methyl/N-ethyl adjacent to an activating group) is 1. The molecule has 0 radical (unpaired) electrons. The SMILES string of the molecule is CCNC(Cc1cccs1)c1ccc(Cl)c(Br)c1. The van der Waals surface area contributed by atoms with Crippen LogP contribution in [0.1, 0.15) is 23.4 Å². The van der Waals surface area contributed by atoms with Crippen LogP contribution >= 0.6 is 38.9 Å². The maximum Gasteiger partial charge on any atom is 0.0548 e. The minimum atomic E-state index is 0.335. The quantitative estimate of drug-likeness (QED) is 0.799. The predicted molar refractivity (Wildman–Crippen MR) is 83.6 cm³/mol. The Hall–Kier alpha value is -0.350. The molecule has 1 heterocycles. The van der Waals surface area contributed by atoms with E-state index < -0.39 is 0 Å². The van der Waals surface area contributed by atoms with Gasteiger partial charge in [0.1, 0.15) is 0 Å². The number of nitrogens with one attached hydrogen (secondary N) is 1. The van der Waals surface area contributed by atoms with E-state index in [4.69, 9.17) is 11.6 Å². The first-order chi connectivity index (χ1) is 8.70. The van der Waals surface area contributed by atoms with Gasteiger partial charge in [0.05, 0.1) is 5.02 Å². The first kappa shape index (κ1) is 14.1. The zero-order valence-corrected chi connectivity index (χ0v) is 13.3. The molecule has 1 aromatic carbocycles. The zero-order chi connectivity index (χ0) is 13.0. The van der Waals surface area contributed by atoms with Gasteiger partial charge >= 0.3 is 0 Å². The highest BCUT2D eigenvalue weighted by atomic mass is 79.9. The Morgan fingerprint density at radius 1 is 1.39 bits per heavy atom. The van der Waals surface area contributed by atoms with Gasteiger partial charge in [-0.05, 0) is 51.6 Å². The molecule has 96 valence electrons. The molecule has 0 aliphatic heterocycles. The van der Waals surface area contributed by atoms with E-state index in [1.165, 1.54) is 10.4 Å². The van der Waals surface area contributed by atoms with Crippen LogP contribution in [-0.2, 0) is 6.42 Å². The van der Waals surface area contributed by atoms with E-state index >= 15 is 0 Å². The van der Waals surface area contributed by atoms with Crippen molar-refractivity contribution in [3.63, 3.8) is 0 Å². The van der Waals surface area contributed by atoms with Crippen LogP contribution in [0.25, 0.3) is 0 Å². The summed E-state index contributed by atoms with van der Waals surface area (Å²) < 4.78 is 0.954. The third-order valence-corrected chi connectivity index (χ3v) is 4.89. The smallest absolute Gasteiger partial charge is 0.0548 e. The molecule has 2 rings (SSSR count). The maximum absolute atomic E-state index is 6.04. The Balaban J connectivity index is 2.20. The van der Waals surface area contributed by atoms with Gasteiger partial charge in [-0.2, -0.15) is 0 Å². The molecule has 1 N–H and O–H groups in total. The van der Waals surface area contributed by atoms with E-state index in [0.29, 0.717) is 6.04 Å². The Labute approximate surface area is 125 Å². The second kappa shape index (κ2) is 6.71. The first-order valence-electron chi connectivity index (χ1n) is 5.91. The average molecular weight is 345 g/mol. The van der Waals surface area contributed by atoms with E-state index in [9.17, 15) is 0 Å². The topological polar surface area (TPSA) is 12.0 Å². The summed E-state index contributed by atoms with van der Waals surface area (Å²) in [5.41, 5.74) is 1.27. The van der Waals surface area contributed by atoms with E-state index in [1.54, 1.807) is 11.3 Å². The van der Waals surface area contributed by atoms with Gasteiger partial charge in [0.2, 0.25) is 0 Å². The Bertz CT molecular complexity index is 499. The molecule has 1 aromatic heterocycles. The molecule has 18 heavy (non-hydrogen) atoms. The summed E-state index contributed by atoms with van der Waals surface area (Å²) in [6, 6.07) is 10.7. The molecule has 0 saturated carbocycles. The van der Waals surface area contributed by atoms with Crippen LogP contribution in [0.3, 0.4) is 0 Å². The molecule has 4 heteroatoms. The van der Waals surface area contributed by atoms with Crippen LogP contribution in [0.15, 0.2) is 40.2 Å². The van der Waals surface area contributed by atoms with Gasteiger partial charge in [0.25, 0.3) is 0 Å². The minimum Gasteiger partial charge on any atom is -0.310 e. The Kier molecular flexibility index (Phi) is 5.25. The summed E-state index contributed by atoms with van der Waals surface area (Å²) in [6.45, 7) is 3.09. The van der Waals surface area contributed by atoms with Crippen molar-refractivity contribution >= 4 is 38.9 Å². The molecule has 0 saturated heterocycles. The summed E-state index contributed by atoms with van der Waals surface area (Å²) in [4.78, 5) is 1.40. The van der Waals surface area contributed by atoms with Gasteiger partial charge in [-0.3, -0.25) is 0 Å². The molecule has 0 aliphatic carbocycles. The van der Waals surface area contributed by atoms with Crippen LogP contribution in [0, 0.1) is 0 Å². The molecular formula is C14H15BrClNS. The third kappa shape index (κ3) is 3.58. The predicted octanol–water partition coefficient (Wildman–Crippen LogP) is 5.06. The van der Waals surface area contributed by atoms with Crippen molar-refractivity contribution in [2.75, 3.05) is 6.54 Å². The first-order valence-corrected chi connectivity index (χ1v) is 7.96. The standard InChI is InChI=1S/C14H15BrClNS/c1-2-17-14(9-11-4-3-7-18-11)10-5-6-13(16)12(15)8-10/h3-8,14,17H,2,9H2,1H3. The summed E-state index contributed by atoms with van der Waals surface area (Å²) in [6.07, 6.45) is 1.01. The second-order valence-electron chi connectivity index (χ2n) is 4.07. The number of hydrogen-bond donors (Lipinski definition) is 1. The van der Waals surface area contributed by atoms with Gasteiger partial charge in [0.15, 0.2) is 0 Å². The molecular weight excluding hydrogens is 330 g/mol. The number of thiophene rings is 1. The molecule has 0 aliphatic rings. The van der Waals surface area contributed by atoms with Crippen molar-refractivity contribution in [3.8, 4) is 0 Å². The molecule has 1 unspecified atom stereocenters. The molecule has 1 atom stereocenters.